The number of aliphatic hydroxyl groups excluding tert-OH is 1. The molecule has 3 aromatic rings. The zero-order chi connectivity index (χ0) is 18.2. The van der Waals surface area contributed by atoms with Crippen molar-refractivity contribution in [3.63, 3.8) is 0 Å². The minimum absolute atomic E-state index is 0.111. The van der Waals surface area contributed by atoms with Crippen molar-refractivity contribution in [3.05, 3.63) is 70.0 Å². The Morgan fingerprint density at radius 1 is 1.12 bits per heavy atom. The van der Waals surface area contributed by atoms with E-state index in [4.69, 9.17) is 4.42 Å². The molecule has 0 aliphatic carbocycles. The van der Waals surface area contributed by atoms with Crippen LogP contribution in [0.3, 0.4) is 0 Å². The molecular formula is C16H10F3NO5. The van der Waals surface area contributed by atoms with Crippen molar-refractivity contribution in [2.45, 2.75) is 12.5 Å². The molecule has 3 rings (SSSR count). The number of fused-ring (bicyclic) bond motifs is 1. The van der Waals surface area contributed by atoms with Crippen LogP contribution in [-0.2, 0) is 0 Å². The smallest absolute Gasteiger partial charge is 0.458 e. The lowest BCUT2D eigenvalue weighted by molar-refractivity contribution is -0.384. The van der Waals surface area contributed by atoms with Crippen LogP contribution in [0.2, 0.25) is 0 Å². The van der Waals surface area contributed by atoms with E-state index < -0.39 is 23.1 Å². The van der Waals surface area contributed by atoms with E-state index >= 15 is 0 Å². The van der Waals surface area contributed by atoms with Gasteiger partial charge in [0, 0.05) is 17.5 Å². The molecule has 0 amide bonds. The fourth-order valence-electron chi connectivity index (χ4n) is 2.32. The molecule has 0 unspecified atom stereocenters. The van der Waals surface area contributed by atoms with E-state index in [1.807, 2.05) is 0 Å². The van der Waals surface area contributed by atoms with Crippen molar-refractivity contribution < 1.29 is 32.4 Å². The lowest BCUT2D eigenvalue weighted by Gasteiger charge is -2.11. The molecule has 1 heterocycles. The van der Waals surface area contributed by atoms with Gasteiger partial charge in [-0.05, 0) is 29.8 Å². The Labute approximate surface area is 138 Å². The number of hydrogen-bond donors (Lipinski definition) is 1. The van der Waals surface area contributed by atoms with E-state index in [1.165, 1.54) is 36.4 Å². The summed E-state index contributed by atoms with van der Waals surface area (Å²) in [4.78, 5) is 10.2. The molecule has 1 aromatic heterocycles. The first-order valence-corrected chi connectivity index (χ1v) is 6.94. The molecule has 1 atom stereocenters. The molecule has 25 heavy (non-hydrogen) atoms. The van der Waals surface area contributed by atoms with Crippen LogP contribution in [0, 0.1) is 10.1 Å². The molecule has 0 radical (unpaired) electrons. The minimum Gasteiger partial charge on any atom is -0.458 e. The molecule has 6 nitrogen and oxygen atoms in total. The van der Waals surface area contributed by atoms with Gasteiger partial charge in [0.05, 0.1) is 4.92 Å². The van der Waals surface area contributed by atoms with Gasteiger partial charge in [0.15, 0.2) is 0 Å². The van der Waals surface area contributed by atoms with E-state index in [9.17, 15) is 28.4 Å². The standard InChI is InChI=1S/C16H10F3NO5/c17-16(18,19)25-12-4-1-9(2-5-12)15(21)14-8-10-7-11(20(22)23)3-6-13(10)24-14/h1-8,15,21H/t15-/m1/s1. The van der Waals surface area contributed by atoms with Gasteiger partial charge >= 0.3 is 6.36 Å². The molecule has 0 saturated heterocycles. The molecule has 0 bridgehead atoms. The Balaban J connectivity index is 1.86. The highest BCUT2D eigenvalue weighted by Crippen LogP contribution is 2.31. The molecule has 0 spiro atoms. The van der Waals surface area contributed by atoms with Crippen LogP contribution in [-0.4, -0.2) is 16.4 Å². The van der Waals surface area contributed by atoms with Crippen LogP contribution in [0.25, 0.3) is 11.0 Å². The van der Waals surface area contributed by atoms with E-state index in [0.717, 1.165) is 12.1 Å². The summed E-state index contributed by atoms with van der Waals surface area (Å²) in [6.07, 6.45) is -6.04. The van der Waals surface area contributed by atoms with E-state index in [-0.39, 0.29) is 17.0 Å². The summed E-state index contributed by atoms with van der Waals surface area (Å²) >= 11 is 0. The maximum atomic E-state index is 12.1. The second kappa shape index (κ2) is 6.10. The third kappa shape index (κ3) is 3.72. The molecule has 130 valence electrons. The first-order valence-electron chi connectivity index (χ1n) is 6.94. The fourth-order valence-corrected chi connectivity index (χ4v) is 2.32. The number of alkyl halides is 3. The largest absolute Gasteiger partial charge is 0.573 e. The number of rotatable bonds is 4. The molecule has 0 aliphatic heterocycles. The molecular weight excluding hydrogens is 343 g/mol. The molecule has 9 heteroatoms. The molecule has 0 saturated carbocycles. The van der Waals surface area contributed by atoms with Gasteiger partial charge in [-0.15, -0.1) is 13.2 Å². The van der Waals surface area contributed by atoms with Crippen LogP contribution in [0.5, 0.6) is 5.75 Å². The maximum Gasteiger partial charge on any atom is 0.573 e. The number of nitro benzene ring substituents is 1. The summed E-state index contributed by atoms with van der Waals surface area (Å²) in [5.74, 6) is -0.302. The summed E-state index contributed by atoms with van der Waals surface area (Å²) in [6, 6.07) is 10.1. The quantitative estimate of drug-likeness (QED) is 0.558. The lowest BCUT2D eigenvalue weighted by atomic mass is 10.1. The first kappa shape index (κ1) is 16.8. The van der Waals surface area contributed by atoms with Crippen molar-refractivity contribution in [1.29, 1.82) is 0 Å². The Kier molecular flexibility index (Phi) is 4.09. The van der Waals surface area contributed by atoms with Gasteiger partial charge in [-0.25, -0.2) is 0 Å². The van der Waals surface area contributed by atoms with E-state index in [2.05, 4.69) is 4.74 Å². The van der Waals surface area contributed by atoms with Gasteiger partial charge in [-0.2, -0.15) is 0 Å². The Morgan fingerprint density at radius 2 is 1.80 bits per heavy atom. The normalized spacial score (nSPS) is 13.0. The Hall–Kier alpha value is -3.07. The number of furan rings is 1. The van der Waals surface area contributed by atoms with E-state index in [1.54, 1.807) is 0 Å². The second-order valence-corrected chi connectivity index (χ2v) is 5.15. The van der Waals surface area contributed by atoms with Gasteiger partial charge < -0.3 is 14.3 Å². The van der Waals surface area contributed by atoms with Crippen LogP contribution < -0.4 is 4.74 Å². The van der Waals surface area contributed by atoms with Crippen molar-refractivity contribution in [1.82, 2.24) is 0 Å². The lowest BCUT2D eigenvalue weighted by Crippen LogP contribution is -2.17. The number of ether oxygens (including phenoxy) is 1. The number of hydrogen-bond acceptors (Lipinski definition) is 5. The highest BCUT2D eigenvalue weighted by Gasteiger charge is 2.31. The summed E-state index contributed by atoms with van der Waals surface area (Å²) in [7, 11) is 0. The first-order chi connectivity index (χ1) is 11.7. The number of non-ortho nitro benzene ring substituents is 1. The predicted molar refractivity (Wildman–Crippen MR) is 80.1 cm³/mol. The second-order valence-electron chi connectivity index (χ2n) is 5.15. The highest BCUT2D eigenvalue weighted by molar-refractivity contribution is 5.80. The monoisotopic (exact) mass is 353 g/mol. The van der Waals surface area contributed by atoms with Crippen LogP contribution in [0.15, 0.2) is 52.9 Å². The zero-order valence-electron chi connectivity index (χ0n) is 12.4. The number of nitro groups is 1. The third-order valence-electron chi connectivity index (χ3n) is 3.43. The summed E-state index contributed by atoms with van der Waals surface area (Å²) in [6.45, 7) is 0. The fraction of sp³-hybridized carbons (Fsp3) is 0.125. The van der Waals surface area contributed by atoms with Crippen LogP contribution >= 0.6 is 0 Å². The van der Waals surface area contributed by atoms with Crippen molar-refractivity contribution >= 4 is 16.7 Å². The van der Waals surface area contributed by atoms with Crippen molar-refractivity contribution in [3.8, 4) is 5.75 Å². The van der Waals surface area contributed by atoms with Crippen molar-refractivity contribution in [2.24, 2.45) is 0 Å². The Morgan fingerprint density at radius 3 is 2.40 bits per heavy atom. The minimum atomic E-state index is -4.80. The van der Waals surface area contributed by atoms with Crippen molar-refractivity contribution in [2.75, 3.05) is 0 Å². The highest BCUT2D eigenvalue weighted by atomic mass is 19.4. The van der Waals surface area contributed by atoms with Gasteiger partial charge in [0.2, 0.25) is 0 Å². The maximum absolute atomic E-state index is 12.1. The molecule has 0 fully saturated rings. The van der Waals surface area contributed by atoms with E-state index in [0.29, 0.717) is 11.0 Å². The summed E-state index contributed by atoms with van der Waals surface area (Å²) in [5, 5.41) is 21.5. The topological polar surface area (TPSA) is 85.7 Å². The number of nitrogens with zero attached hydrogens (tertiary/aromatic N) is 1. The number of benzene rings is 2. The summed E-state index contributed by atoms with van der Waals surface area (Å²) < 4.78 is 45.6. The van der Waals surface area contributed by atoms with Gasteiger partial charge in [-0.3, -0.25) is 10.1 Å². The van der Waals surface area contributed by atoms with Gasteiger partial charge in [-0.1, -0.05) is 12.1 Å². The third-order valence-corrected chi connectivity index (χ3v) is 3.43. The number of halogens is 3. The number of aliphatic hydroxyl groups is 1. The molecule has 2 aromatic carbocycles. The average molecular weight is 353 g/mol. The van der Waals surface area contributed by atoms with Gasteiger partial charge in [0.25, 0.3) is 5.69 Å². The Bertz CT molecular complexity index is 918. The predicted octanol–water partition coefficient (Wildman–Crippen LogP) is 4.32. The SMILES string of the molecule is O=[N+]([O-])c1ccc2oc([C@H](O)c3ccc(OC(F)(F)F)cc3)cc2c1. The molecule has 0 aliphatic rings. The average Bonchev–Trinajstić information content (AvgIpc) is 2.96. The summed E-state index contributed by atoms with van der Waals surface area (Å²) in [5.41, 5.74) is 0.503. The van der Waals surface area contributed by atoms with Gasteiger partial charge in [0.1, 0.15) is 23.2 Å². The molecule has 1 N–H and O–H groups in total. The van der Waals surface area contributed by atoms with Crippen LogP contribution in [0.4, 0.5) is 18.9 Å². The zero-order valence-corrected chi connectivity index (χ0v) is 12.4. The van der Waals surface area contributed by atoms with Crippen LogP contribution in [0.1, 0.15) is 17.4 Å².